The number of ether oxygens (including phenoxy) is 1. The normalized spacial score (nSPS) is 20.0. The molecular formula is C22H32N2O2S2. The van der Waals surface area contributed by atoms with Crippen LogP contribution in [0.5, 0.6) is 0 Å². The monoisotopic (exact) mass is 420 g/mol. The topological polar surface area (TPSA) is 40.2 Å². The molecule has 4 nitrogen and oxygen atoms in total. The standard InChI is InChI=1S/C22H32N2O2S2/c1-14(2)10-11-28-21-23-19-18(16-12-22(3,4)25-13-17(16)26-19)20(27)24(21)15-8-6-5-7-9-15/h14-15H,5-13H2,1-4H3. The molecule has 0 unspecified atom stereocenters. The van der Waals surface area contributed by atoms with Crippen LogP contribution in [0.4, 0.5) is 0 Å². The van der Waals surface area contributed by atoms with Gasteiger partial charge in [0.25, 0.3) is 0 Å². The maximum Gasteiger partial charge on any atom is 0.232 e. The first-order chi connectivity index (χ1) is 13.4. The number of thioether (sulfide) groups is 1. The van der Waals surface area contributed by atoms with Gasteiger partial charge in [0.2, 0.25) is 5.71 Å². The van der Waals surface area contributed by atoms with E-state index in [0.717, 1.165) is 33.1 Å². The Hall–Kier alpha value is -0.850. The lowest BCUT2D eigenvalue weighted by molar-refractivity contribution is -0.0476. The van der Waals surface area contributed by atoms with Gasteiger partial charge in [-0.05, 0) is 39.0 Å². The molecule has 0 N–H and O–H groups in total. The Morgan fingerprint density at radius 3 is 2.71 bits per heavy atom. The fourth-order valence-corrected chi connectivity index (χ4v) is 6.14. The maximum absolute atomic E-state index is 6.15. The van der Waals surface area contributed by atoms with Gasteiger partial charge in [-0.3, -0.25) is 0 Å². The molecular weight excluding hydrogens is 388 g/mol. The van der Waals surface area contributed by atoms with Crippen molar-refractivity contribution in [2.75, 3.05) is 5.75 Å². The summed E-state index contributed by atoms with van der Waals surface area (Å²) >= 11 is 7.92. The minimum Gasteiger partial charge on any atom is -0.440 e. The van der Waals surface area contributed by atoms with Crippen molar-refractivity contribution in [1.29, 1.82) is 0 Å². The predicted octanol–water partition coefficient (Wildman–Crippen LogP) is 6.85. The summed E-state index contributed by atoms with van der Waals surface area (Å²) in [6.07, 6.45) is 8.31. The highest BCUT2D eigenvalue weighted by Gasteiger charge is 2.32. The van der Waals surface area contributed by atoms with Crippen molar-refractivity contribution in [2.24, 2.45) is 5.92 Å². The average Bonchev–Trinajstić information content (AvgIpc) is 2.99. The Morgan fingerprint density at radius 2 is 2.00 bits per heavy atom. The molecule has 3 heterocycles. The smallest absolute Gasteiger partial charge is 0.232 e. The van der Waals surface area contributed by atoms with E-state index in [9.17, 15) is 0 Å². The average molecular weight is 421 g/mol. The van der Waals surface area contributed by atoms with Crippen molar-refractivity contribution >= 4 is 35.1 Å². The maximum atomic E-state index is 6.15. The first-order valence-corrected chi connectivity index (χ1v) is 12.1. The highest BCUT2D eigenvalue weighted by Crippen LogP contribution is 2.39. The fourth-order valence-electron chi connectivity index (χ4n) is 4.34. The van der Waals surface area contributed by atoms with Gasteiger partial charge in [-0.2, -0.15) is 4.98 Å². The second kappa shape index (κ2) is 8.11. The molecule has 154 valence electrons. The molecule has 2 aliphatic rings. The molecule has 6 heteroatoms. The quantitative estimate of drug-likeness (QED) is 0.300. The van der Waals surface area contributed by atoms with Gasteiger partial charge in [0.15, 0.2) is 5.16 Å². The molecule has 0 spiro atoms. The van der Waals surface area contributed by atoms with Gasteiger partial charge in [-0.15, -0.1) is 0 Å². The third kappa shape index (κ3) is 4.05. The summed E-state index contributed by atoms with van der Waals surface area (Å²) in [5, 5.41) is 2.09. The Morgan fingerprint density at radius 1 is 1.25 bits per heavy atom. The summed E-state index contributed by atoms with van der Waals surface area (Å²) in [5.41, 5.74) is 1.73. The largest absolute Gasteiger partial charge is 0.440 e. The van der Waals surface area contributed by atoms with Crippen molar-refractivity contribution in [3.8, 4) is 0 Å². The van der Waals surface area contributed by atoms with Crippen molar-refractivity contribution in [3.63, 3.8) is 0 Å². The van der Waals surface area contributed by atoms with E-state index in [0.29, 0.717) is 24.3 Å². The highest BCUT2D eigenvalue weighted by molar-refractivity contribution is 7.99. The number of hydrogen-bond acceptors (Lipinski definition) is 5. The number of aromatic nitrogens is 2. The zero-order chi connectivity index (χ0) is 19.9. The number of fused-ring (bicyclic) bond motifs is 3. The van der Waals surface area contributed by atoms with Gasteiger partial charge in [0.1, 0.15) is 17.0 Å². The predicted molar refractivity (Wildman–Crippen MR) is 118 cm³/mol. The van der Waals surface area contributed by atoms with Crippen LogP contribution in [0.15, 0.2) is 9.57 Å². The summed E-state index contributed by atoms with van der Waals surface area (Å²) in [5.74, 6) is 2.67. The van der Waals surface area contributed by atoms with Gasteiger partial charge >= 0.3 is 0 Å². The zero-order valence-corrected chi connectivity index (χ0v) is 19.2. The minimum atomic E-state index is -0.189. The van der Waals surface area contributed by atoms with Crippen LogP contribution < -0.4 is 0 Å². The lowest BCUT2D eigenvalue weighted by Crippen LogP contribution is -2.31. The van der Waals surface area contributed by atoms with Gasteiger partial charge in [-0.25, -0.2) is 0 Å². The lowest BCUT2D eigenvalue weighted by atomic mass is 9.93. The van der Waals surface area contributed by atoms with Crippen molar-refractivity contribution in [3.05, 3.63) is 16.0 Å². The summed E-state index contributed by atoms with van der Waals surface area (Å²) < 4.78 is 15.4. The van der Waals surface area contributed by atoms with E-state index in [-0.39, 0.29) is 5.60 Å². The molecule has 0 radical (unpaired) electrons. The molecule has 0 bridgehead atoms. The van der Waals surface area contributed by atoms with E-state index in [1.807, 2.05) is 11.8 Å². The van der Waals surface area contributed by atoms with E-state index in [2.05, 4.69) is 32.3 Å². The van der Waals surface area contributed by atoms with Crippen molar-refractivity contribution in [1.82, 2.24) is 9.55 Å². The van der Waals surface area contributed by atoms with Crippen LogP contribution in [-0.4, -0.2) is 20.9 Å². The van der Waals surface area contributed by atoms with E-state index < -0.39 is 0 Å². The summed E-state index contributed by atoms with van der Waals surface area (Å²) in [4.78, 5) is 5.00. The number of nitrogens with zero attached hydrogens (tertiary/aromatic N) is 2. The SMILES string of the molecule is CC(C)CCSc1nc2oc3c(c2c(=S)n1C1CCCCC1)CC(C)(C)OC3. The van der Waals surface area contributed by atoms with Crippen LogP contribution in [-0.2, 0) is 17.8 Å². The minimum absolute atomic E-state index is 0.189. The van der Waals surface area contributed by atoms with Gasteiger partial charge in [0.05, 0.1) is 11.0 Å². The molecule has 4 rings (SSSR count). The number of hydrogen-bond donors (Lipinski definition) is 0. The van der Waals surface area contributed by atoms with Crippen LogP contribution in [0.3, 0.4) is 0 Å². The molecule has 1 saturated carbocycles. The van der Waals surface area contributed by atoms with E-state index in [4.69, 9.17) is 26.4 Å². The van der Waals surface area contributed by atoms with Crippen LogP contribution in [0.2, 0.25) is 0 Å². The van der Waals surface area contributed by atoms with Crippen molar-refractivity contribution in [2.45, 2.75) is 96.0 Å². The molecule has 1 fully saturated rings. The van der Waals surface area contributed by atoms with Crippen LogP contribution in [0.1, 0.15) is 83.6 Å². The molecule has 1 aliphatic heterocycles. The number of rotatable bonds is 5. The van der Waals surface area contributed by atoms with E-state index in [1.54, 1.807) is 0 Å². The zero-order valence-electron chi connectivity index (χ0n) is 17.5. The third-order valence-corrected chi connectivity index (χ3v) is 7.36. The second-order valence-corrected chi connectivity index (χ2v) is 10.8. The van der Waals surface area contributed by atoms with Crippen LogP contribution in [0.25, 0.3) is 11.1 Å². The summed E-state index contributed by atoms with van der Waals surface area (Å²) in [6, 6.07) is 0.470. The van der Waals surface area contributed by atoms with Gasteiger partial charge < -0.3 is 13.7 Å². The van der Waals surface area contributed by atoms with E-state index >= 15 is 0 Å². The molecule has 2 aromatic heterocycles. The summed E-state index contributed by atoms with van der Waals surface area (Å²) in [6.45, 7) is 9.32. The summed E-state index contributed by atoms with van der Waals surface area (Å²) in [7, 11) is 0. The highest BCUT2D eigenvalue weighted by atomic mass is 32.2. The molecule has 2 aromatic rings. The third-order valence-electron chi connectivity index (χ3n) is 5.97. The first kappa shape index (κ1) is 20.4. The molecule has 0 aromatic carbocycles. The van der Waals surface area contributed by atoms with Gasteiger partial charge in [0, 0.05) is 23.8 Å². The van der Waals surface area contributed by atoms with Crippen LogP contribution in [0, 0.1) is 10.6 Å². The second-order valence-electron chi connectivity index (χ2n) is 9.30. The Kier molecular flexibility index (Phi) is 5.92. The Balaban J connectivity index is 1.81. The molecule has 0 amide bonds. The lowest BCUT2D eigenvalue weighted by Gasteiger charge is -2.29. The number of furan rings is 1. The Bertz CT molecular complexity index is 907. The van der Waals surface area contributed by atoms with Crippen LogP contribution >= 0.6 is 24.0 Å². The molecule has 1 aliphatic carbocycles. The van der Waals surface area contributed by atoms with E-state index in [1.165, 1.54) is 44.1 Å². The fraction of sp³-hybridized carbons (Fsp3) is 0.727. The first-order valence-electron chi connectivity index (χ1n) is 10.7. The van der Waals surface area contributed by atoms with Gasteiger partial charge in [-0.1, -0.05) is 57.1 Å². The van der Waals surface area contributed by atoms with Crippen molar-refractivity contribution < 1.29 is 9.15 Å². The molecule has 0 atom stereocenters. The Labute approximate surface area is 177 Å². The molecule has 0 saturated heterocycles. The molecule has 28 heavy (non-hydrogen) atoms.